The summed E-state index contributed by atoms with van der Waals surface area (Å²) in [6.07, 6.45) is 7.85. The van der Waals surface area contributed by atoms with E-state index in [4.69, 9.17) is 18.9 Å². The number of carbonyl (C=O) groups excluding carboxylic acids is 2. The van der Waals surface area contributed by atoms with Gasteiger partial charge in [0.15, 0.2) is 0 Å². The van der Waals surface area contributed by atoms with E-state index in [0.717, 1.165) is 51.4 Å². The van der Waals surface area contributed by atoms with Crippen molar-refractivity contribution >= 4 is 11.9 Å². The number of ether oxygens (including phenoxy) is 4. The Morgan fingerprint density at radius 2 is 1.44 bits per heavy atom. The minimum Gasteiger partial charge on any atom is -0.463 e. The average molecular weight is 515 g/mol. The van der Waals surface area contributed by atoms with Gasteiger partial charge < -0.3 is 34.3 Å². The highest BCUT2D eigenvalue weighted by Crippen LogP contribution is 2.34. The van der Waals surface area contributed by atoms with Crippen molar-refractivity contribution in [2.24, 2.45) is 23.7 Å². The van der Waals surface area contributed by atoms with Crippen molar-refractivity contribution in [2.75, 3.05) is 39.6 Å². The van der Waals surface area contributed by atoms with Gasteiger partial charge in [0, 0.05) is 0 Å². The fourth-order valence-electron chi connectivity index (χ4n) is 4.74. The largest absolute Gasteiger partial charge is 0.463 e. The molecule has 0 heterocycles. The molecule has 0 spiro atoms. The number of aliphatic hydroxyl groups is 3. The molecule has 2 saturated carbocycles. The molecule has 6 atom stereocenters. The van der Waals surface area contributed by atoms with Crippen molar-refractivity contribution in [3.8, 4) is 0 Å². The molecule has 9 heteroatoms. The zero-order valence-corrected chi connectivity index (χ0v) is 21.7. The summed E-state index contributed by atoms with van der Waals surface area (Å²) >= 11 is 0. The van der Waals surface area contributed by atoms with Crippen LogP contribution in [0.1, 0.15) is 64.7 Å². The SMILES string of the molecule is C=CC(CC1CCC1)C(=O)OCC(O)COCC(O)COCC(O)COC(=O)C1CCC(CCC)C1. The third-order valence-electron chi connectivity index (χ3n) is 7.05. The molecule has 0 bridgehead atoms. The van der Waals surface area contributed by atoms with Crippen LogP contribution in [0.15, 0.2) is 12.7 Å². The van der Waals surface area contributed by atoms with E-state index in [0.29, 0.717) is 11.8 Å². The zero-order valence-electron chi connectivity index (χ0n) is 21.7. The van der Waals surface area contributed by atoms with E-state index in [1.807, 2.05) is 0 Å². The van der Waals surface area contributed by atoms with Crippen molar-refractivity contribution in [1.29, 1.82) is 0 Å². The molecule has 0 aromatic rings. The van der Waals surface area contributed by atoms with Gasteiger partial charge in [0.1, 0.15) is 31.5 Å². The van der Waals surface area contributed by atoms with Crippen LogP contribution < -0.4 is 0 Å². The molecule has 0 aliphatic heterocycles. The smallest absolute Gasteiger partial charge is 0.312 e. The fraction of sp³-hybridized carbons (Fsp3) is 0.852. The van der Waals surface area contributed by atoms with E-state index in [2.05, 4.69) is 13.5 Å². The van der Waals surface area contributed by atoms with E-state index < -0.39 is 24.3 Å². The first kappa shape index (κ1) is 30.7. The lowest BCUT2D eigenvalue weighted by Gasteiger charge is -2.27. The predicted molar refractivity (Wildman–Crippen MR) is 133 cm³/mol. The summed E-state index contributed by atoms with van der Waals surface area (Å²) < 4.78 is 20.9. The molecule has 2 aliphatic rings. The average Bonchev–Trinajstić information content (AvgIpc) is 3.29. The lowest BCUT2D eigenvalue weighted by Crippen LogP contribution is -2.31. The van der Waals surface area contributed by atoms with Crippen molar-refractivity contribution < 1.29 is 43.9 Å². The molecular formula is C27H46O9. The molecule has 36 heavy (non-hydrogen) atoms. The Morgan fingerprint density at radius 3 is 1.97 bits per heavy atom. The molecule has 2 aliphatic carbocycles. The van der Waals surface area contributed by atoms with Gasteiger partial charge in [-0.15, -0.1) is 6.58 Å². The number of hydrogen-bond donors (Lipinski definition) is 3. The number of hydrogen-bond acceptors (Lipinski definition) is 9. The standard InChI is InChI=1S/C27H46O9/c1-3-6-19-9-10-22(12-19)27(32)36-18-25(30)16-34-14-23(28)13-33-15-24(29)17-35-26(31)21(4-2)11-20-7-5-8-20/h4,19-25,28-30H,2-3,5-18H2,1H3. The second-order valence-corrected chi connectivity index (χ2v) is 10.3. The second kappa shape index (κ2) is 17.1. The molecule has 0 radical (unpaired) electrons. The van der Waals surface area contributed by atoms with Gasteiger partial charge >= 0.3 is 11.9 Å². The second-order valence-electron chi connectivity index (χ2n) is 10.3. The van der Waals surface area contributed by atoms with Gasteiger partial charge in [-0.05, 0) is 37.5 Å². The van der Waals surface area contributed by atoms with Crippen molar-refractivity contribution in [2.45, 2.75) is 83.0 Å². The quantitative estimate of drug-likeness (QED) is 0.176. The number of carbonyl (C=O) groups is 2. The van der Waals surface area contributed by atoms with Crippen LogP contribution in [-0.4, -0.2) is 85.2 Å². The molecular weight excluding hydrogens is 468 g/mol. The molecule has 3 N–H and O–H groups in total. The Bertz CT molecular complexity index is 651. The van der Waals surface area contributed by atoms with Gasteiger partial charge in [-0.2, -0.15) is 0 Å². The van der Waals surface area contributed by atoms with E-state index in [1.165, 1.54) is 6.42 Å². The maximum atomic E-state index is 12.2. The summed E-state index contributed by atoms with van der Waals surface area (Å²) in [6, 6.07) is 0. The summed E-state index contributed by atoms with van der Waals surface area (Å²) in [4.78, 5) is 24.3. The lowest BCUT2D eigenvalue weighted by atomic mass is 9.79. The van der Waals surface area contributed by atoms with E-state index in [-0.39, 0.29) is 57.4 Å². The van der Waals surface area contributed by atoms with Gasteiger partial charge in [-0.3, -0.25) is 9.59 Å². The van der Waals surface area contributed by atoms with Crippen LogP contribution in [0.5, 0.6) is 0 Å². The summed E-state index contributed by atoms with van der Waals surface area (Å²) in [5, 5.41) is 29.9. The van der Waals surface area contributed by atoms with Crippen LogP contribution in [0.3, 0.4) is 0 Å². The lowest BCUT2D eigenvalue weighted by molar-refractivity contribution is -0.153. The minimum absolute atomic E-state index is 0.0803. The Kier molecular flexibility index (Phi) is 14.6. The normalized spacial score (nSPS) is 23.3. The van der Waals surface area contributed by atoms with E-state index in [9.17, 15) is 24.9 Å². The van der Waals surface area contributed by atoms with Gasteiger partial charge in [-0.25, -0.2) is 0 Å². The van der Waals surface area contributed by atoms with Gasteiger partial charge in [0.05, 0.1) is 38.3 Å². The van der Waals surface area contributed by atoms with Crippen LogP contribution >= 0.6 is 0 Å². The molecule has 0 aromatic carbocycles. The van der Waals surface area contributed by atoms with Crippen LogP contribution in [0.25, 0.3) is 0 Å². The minimum atomic E-state index is -1.01. The summed E-state index contributed by atoms with van der Waals surface area (Å²) in [5.41, 5.74) is 0. The van der Waals surface area contributed by atoms with Crippen molar-refractivity contribution in [1.82, 2.24) is 0 Å². The Hall–Kier alpha value is -1.52. The first-order valence-corrected chi connectivity index (χ1v) is 13.5. The molecule has 208 valence electrons. The van der Waals surface area contributed by atoms with Gasteiger partial charge in [-0.1, -0.05) is 45.1 Å². The molecule has 9 nitrogen and oxygen atoms in total. The predicted octanol–water partition coefficient (Wildman–Crippen LogP) is 2.40. The molecule has 0 saturated heterocycles. The Morgan fingerprint density at radius 1 is 0.861 bits per heavy atom. The van der Waals surface area contributed by atoms with E-state index in [1.54, 1.807) is 6.08 Å². The molecule has 2 rings (SSSR count). The van der Waals surface area contributed by atoms with E-state index >= 15 is 0 Å². The van der Waals surface area contributed by atoms with Gasteiger partial charge in [0.25, 0.3) is 0 Å². The molecule has 6 unspecified atom stereocenters. The van der Waals surface area contributed by atoms with Gasteiger partial charge in [0.2, 0.25) is 0 Å². The van der Waals surface area contributed by atoms with Crippen molar-refractivity contribution in [3.05, 3.63) is 12.7 Å². The third kappa shape index (κ3) is 11.7. The van der Waals surface area contributed by atoms with Crippen LogP contribution in [0, 0.1) is 23.7 Å². The summed E-state index contributed by atoms with van der Waals surface area (Å²) in [7, 11) is 0. The highest BCUT2D eigenvalue weighted by Gasteiger charge is 2.31. The fourth-order valence-corrected chi connectivity index (χ4v) is 4.74. The van der Waals surface area contributed by atoms with Crippen LogP contribution in [0.2, 0.25) is 0 Å². The number of esters is 2. The van der Waals surface area contributed by atoms with Crippen LogP contribution in [-0.2, 0) is 28.5 Å². The third-order valence-corrected chi connectivity index (χ3v) is 7.05. The molecule has 0 amide bonds. The van der Waals surface area contributed by atoms with Crippen molar-refractivity contribution in [3.63, 3.8) is 0 Å². The topological polar surface area (TPSA) is 132 Å². The summed E-state index contributed by atoms with van der Waals surface area (Å²) in [6.45, 7) is 5.15. The molecule has 0 aromatic heterocycles. The Balaban J connectivity index is 1.47. The highest BCUT2D eigenvalue weighted by atomic mass is 16.6. The summed E-state index contributed by atoms with van der Waals surface area (Å²) in [5.74, 6) is 0.0440. The first-order valence-electron chi connectivity index (χ1n) is 13.5. The number of aliphatic hydroxyl groups excluding tert-OH is 3. The zero-order chi connectivity index (χ0) is 26.3. The highest BCUT2D eigenvalue weighted by molar-refractivity contribution is 5.74. The Labute approximate surface area is 215 Å². The maximum absolute atomic E-state index is 12.2. The monoisotopic (exact) mass is 514 g/mol. The maximum Gasteiger partial charge on any atom is 0.312 e. The molecule has 2 fully saturated rings. The number of rotatable bonds is 19. The van der Waals surface area contributed by atoms with Crippen LogP contribution in [0.4, 0.5) is 0 Å². The first-order chi connectivity index (χ1) is 17.3.